The van der Waals surface area contributed by atoms with Gasteiger partial charge < -0.3 is 39.4 Å². The molecule has 0 spiro atoms. The molecule has 4 aromatic rings. The van der Waals surface area contributed by atoms with Gasteiger partial charge in [0.15, 0.2) is 0 Å². The van der Waals surface area contributed by atoms with Gasteiger partial charge in [0, 0.05) is 92.4 Å². The average Bonchev–Trinajstić information content (AvgIpc) is 3.25. The molecule has 0 heterocycles. The number of hydrogen-bond donors (Lipinski definition) is 4. The van der Waals surface area contributed by atoms with Crippen LogP contribution in [0.2, 0.25) is 0 Å². The van der Waals surface area contributed by atoms with Crippen LogP contribution in [0.3, 0.4) is 0 Å². The van der Waals surface area contributed by atoms with Crippen LogP contribution in [-0.2, 0) is 0 Å². The van der Waals surface area contributed by atoms with E-state index in [4.69, 9.17) is 18.9 Å². The molecule has 0 saturated heterocycles. The van der Waals surface area contributed by atoms with Gasteiger partial charge >= 0.3 is 0 Å². The van der Waals surface area contributed by atoms with Crippen molar-refractivity contribution < 1.29 is 39.4 Å². The predicted molar refractivity (Wildman–Crippen MR) is 243 cm³/mol. The second-order valence-electron chi connectivity index (χ2n) is 16.8. The molecule has 5 rings (SSSR count). The molecular weight excluding hydrogens is 753 g/mol. The first kappa shape index (κ1) is 46.3. The van der Waals surface area contributed by atoms with Gasteiger partial charge in [0.1, 0.15) is 46.0 Å². The SMILES string of the molecule is CCCCC[C@H]1c2cc(c(OC)cc2O)[C@@H](CCCCC)c2cc(c(OC)cc2O)[C@@H](CCCCC)c2cc(c(OC)cc2O)[C@@H](CCCCC)c2cc1c(OC)cc2O. The van der Waals surface area contributed by atoms with Crippen LogP contribution in [0, 0.1) is 0 Å². The largest absolute Gasteiger partial charge is 0.508 e. The molecule has 4 aromatic carbocycles. The highest BCUT2D eigenvalue weighted by Crippen LogP contribution is 2.53. The van der Waals surface area contributed by atoms with Gasteiger partial charge in [-0.1, -0.05) is 105 Å². The number of phenols is 4. The van der Waals surface area contributed by atoms with Crippen molar-refractivity contribution in [1.29, 1.82) is 0 Å². The van der Waals surface area contributed by atoms with Crippen LogP contribution in [0.1, 0.15) is 199 Å². The van der Waals surface area contributed by atoms with E-state index in [0.717, 1.165) is 147 Å². The summed E-state index contributed by atoms with van der Waals surface area (Å²) in [6.07, 6.45) is 14.8. The van der Waals surface area contributed by atoms with E-state index in [9.17, 15) is 20.4 Å². The molecule has 0 amide bonds. The summed E-state index contributed by atoms with van der Waals surface area (Å²) in [5.74, 6) is 1.53. The normalized spacial score (nSPS) is 17.3. The van der Waals surface area contributed by atoms with Gasteiger partial charge in [0.25, 0.3) is 0 Å². The first-order valence-corrected chi connectivity index (χ1v) is 22.7. The average molecular weight is 825 g/mol. The van der Waals surface area contributed by atoms with Crippen LogP contribution in [-0.4, -0.2) is 48.9 Å². The molecule has 0 aliphatic heterocycles. The maximum absolute atomic E-state index is 12.0. The van der Waals surface area contributed by atoms with E-state index in [0.29, 0.717) is 23.0 Å². The molecule has 8 bridgehead atoms. The lowest BCUT2D eigenvalue weighted by Crippen LogP contribution is -2.13. The summed E-state index contributed by atoms with van der Waals surface area (Å²) < 4.78 is 24.4. The lowest BCUT2D eigenvalue weighted by molar-refractivity contribution is 0.387. The molecule has 4 atom stereocenters. The molecular formula is C52H72O8. The Balaban J connectivity index is 1.99. The zero-order valence-corrected chi connectivity index (χ0v) is 37.7. The predicted octanol–water partition coefficient (Wildman–Crippen LogP) is 13.7. The van der Waals surface area contributed by atoms with Gasteiger partial charge in [0.05, 0.1) is 28.4 Å². The minimum absolute atomic E-state index is 0.127. The molecule has 0 unspecified atom stereocenters. The first-order valence-electron chi connectivity index (χ1n) is 22.7. The van der Waals surface area contributed by atoms with Crippen LogP contribution in [0.4, 0.5) is 0 Å². The first-order chi connectivity index (χ1) is 29.1. The molecule has 0 aromatic heterocycles. The highest BCUT2D eigenvalue weighted by Gasteiger charge is 2.33. The van der Waals surface area contributed by atoms with Crippen LogP contribution in [0.15, 0.2) is 48.5 Å². The van der Waals surface area contributed by atoms with Gasteiger partial charge in [-0.05, 0) is 49.9 Å². The van der Waals surface area contributed by atoms with Gasteiger partial charge in [-0.3, -0.25) is 0 Å². The van der Waals surface area contributed by atoms with E-state index < -0.39 is 0 Å². The van der Waals surface area contributed by atoms with Gasteiger partial charge in [-0.25, -0.2) is 0 Å². The van der Waals surface area contributed by atoms with Crippen LogP contribution >= 0.6 is 0 Å². The van der Waals surface area contributed by atoms with E-state index in [1.807, 2.05) is 0 Å². The number of methoxy groups -OCH3 is 4. The Bertz CT molecular complexity index is 1720. The summed E-state index contributed by atoms with van der Waals surface area (Å²) in [7, 11) is 6.53. The quantitative estimate of drug-likeness (QED) is 0.0651. The number of unbranched alkanes of at least 4 members (excludes halogenated alkanes) is 8. The van der Waals surface area contributed by atoms with E-state index in [1.165, 1.54) is 0 Å². The molecule has 4 N–H and O–H groups in total. The maximum atomic E-state index is 12.0. The Morgan fingerprint density at radius 2 is 0.517 bits per heavy atom. The van der Waals surface area contributed by atoms with Crippen molar-refractivity contribution in [2.24, 2.45) is 0 Å². The van der Waals surface area contributed by atoms with Crippen LogP contribution in [0.25, 0.3) is 0 Å². The van der Waals surface area contributed by atoms with E-state index in [2.05, 4.69) is 52.0 Å². The lowest BCUT2D eigenvalue weighted by Gasteiger charge is -2.30. The van der Waals surface area contributed by atoms with Crippen molar-refractivity contribution in [3.05, 3.63) is 93.0 Å². The molecule has 328 valence electrons. The Kier molecular flexibility index (Phi) is 17.2. The number of phenolic OH excluding ortho intramolecular Hbond substituents is 4. The molecule has 1 aliphatic rings. The van der Waals surface area contributed by atoms with Crippen molar-refractivity contribution in [2.75, 3.05) is 28.4 Å². The summed E-state index contributed by atoms with van der Waals surface area (Å²) in [6.45, 7) is 8.75. The van der Waals surface area contributed by atoms with Gasteiger partial charge in [-0.15, -0.1) is 0 Å². The molecule has 8 heteroatoms. The fraction of sp³-hybridized carbons (Fsp3) is 0.538. The zero-order valence-electron chi connectivity index (χ0n) is 37.7. The van der Waals surface area contributed by atoms with E-state index in [-0.39, 0.29) is 46.7 Å². The van der Waals surface area contributed by atoms with Crippen molar-refractivity contribution >= 4 is 0 Å². The van der Waals surface area contributed by atoms with Crippen LogP contribution < -0.4 is 18.9 Å². The third-order valence-corrected chi connectivity index (χ3v) is 12.9. The van der Waals surface area contributed by atoms with Crippen molar-refractivity contribution in [3.8, 4) is 46.0 Å². The summed E-state index contributed by atoms with van der Waals surface area (Å²) in [5.41, 5.74) is 6.54. The van der Waals surface area contributed by atoms with E-state index in [1.54, 1.807) is 52.7 Å². The molecule has 1 aliphatic carbocycles. The van der Waals surface area contributed by atoms with Crippen molar-refractivity contribution in [1.82, 2.24) is 0 Å². The number of rotatable bonds is 20. The number of benzene rings is 4. The highest BCUT2D eigenvalue weighted by atomic mass is 16.5. The summed E-state index contributed by atoms with van der Waals surface area (Å²) in [6, 6.07) is 15.3. The van der Waals surface area contributed by atoms with Gasteiger partial charge in [0.2, 0.25) is 0 Å². The van der Waals surface area contributed by atoms with Crippen LogP contribution in [0.5, 0.6) is 46.0 Å². The molecule has 8 nitrogen and oxygen atoms in total. The molecule has 60 heavy (non-hydrogen) atoms. The Hall–Kier alpha value is -4.72. The maximum Gasteiger partial charge on any atom is 0.126 e. The Morgan fingerprint density at radius 3 is 0.683 bits per heavy atom. The van der Waals surface area contributed by atoms with Crippen molar-refractivity contribution in [2.45, 2.75) is 154 Å². The Morgan fingerprint density at radius 1 is 0.317 bits per heavy atom. The Labute approximate surface area is 359 Å². The fourth-order valence-corrected chi connectivity index (χ4v) is 9.63. The molecule has 0 fully saturated rings. The number of aromatic hydroxyl groups is 4. The summed E-state index contributed by atoms with van der Waals surface area (Å²) >= 11 is 0. The number of ether oxygens (including phenoxy) is 4. The lowest BCUT2D eigenvalue weighted by atomic mass is 9.76. The minimum atomic E-state index is -0.295. The third-order valence-electron chi connectivity index (χ3n) is 12.9. The minimum Gasteiger partial charge on any atom is -0.508 e. The molecule has 0 radical (unpaired) electrons. The highest BCUT2D eigenvalue weighted by molar-refractivity contribution is 5.62. The third kappa shape index (κ3) is 10.2. The standard InChI is InChI=1S/C52H72O8/c1-9-13-17-21-33-37-25-42(50(58-6)29-45(37)53)35(23-19-15-11-3)39-27-44(52(60-8)31-47(39)55)36(24-20-16-12-4)40-28-43(51(59-7)32-48(40)56)34(22-18-14-10-2)38-26-41(33)49(57-5)30-46(38)54/h25-36,53-56H,9-24H2,1-8H3/t33-,34-,35-,36-/m0/s1. The number of fused-ring (bicyclic) bond motifs is 8. The monoisotopic (exact) mass is 825 g/mol. The second kappa shape index (κ2) is 22.2. The topological polar surface area (TPSA) is 118 Å². The van der Waals surface area contributed by atoms with Gasteiger partial charge in [-0.2, -0.15) is 0 Å². The smallest absolute Gasteiger partial charge is 0.126 e. The zero-order chi connectivity index (χ0) is 43.3. The molecule has 0 saturated carbocycles. The fourth-order valence-electron chi connectivity index (χ4n) is 9.63. The number of hydrogen-bond acceptors (Lipinski definition) is 8. The second-order valence-corrected chi connectivity index (χ2v) is 16.8. The summed E-state index contributed by atoms with van der Waals surface area (Å²) in [5, 5.41) is 48.2. The summed E-state index contributed by atoms with van der Waals surface area (Å²) in [4.78, 5) is 0. The van der Waals surface area contributed by atoms with Crippen molar-refractivity contribution in [3.63, 3.8) is 0 Å². The van der Waals surface area contributed by atoms with E-state index >= 15 is 0 Å².